The number of carbonyl (C=O) groups excluding carboxylic acids is 2. The minimum absolute atomic E-state index is 0.0631. The van der Waals surface area contributed by atoms with E-state index in [-0.39, 0.29) is 18.2 Å². The van der Waals surface area contributed by atoms with E-state index in [1.807, 2.05) is 19.1 Å². The smallest absolute Gasteiger partial charge is 0.231 e. The Morgan fingerprint density at radius 2 is 2.12 bits per heavy atom. The lowest BCUT2D eigenvalue weighted by molar-refractivity contribution is -0.122. The predicted molar refractivity (Wildman–Crippen MR) is 91.4 cm³/mol. The molecule has 0 bridgehead atoms. The van der Waals surface area contributed by atoms with E-state index in [1.165, 1.54) is 11.3 Å². The van der Waals surface area contributed by atoms with Gasteiger partial charge < -0.3 is 15.0 Å². The maximum Gasteiger partial charge on any atom is 0.231 e. The van der Waals surface area contributed by atoms with Gasteiger partial charge in [0, 0.05) is 18.7 Å². The first-order valence-corrected chi connectivity index (χ1v) is 8.50. The number of aryl methyl sites for hydroxylation is 1. The zero-order valence-electron chi connectivity index (χ0n) is 13.5. The van der Waals surface area contributed by atoms with Gasteiger partial charge in [0.1, 0.15) is 10.8 Å². The highest BCUT2D eigenvalue weighted by Crippen LogP contribution is 2.28. The van der Waals surface area contributed by atoms with E-state index in [0.717, 1.165) is 22.9 Å². The molecule has 0 radical (unpaired) electrons. The summed E-state index contributed by atoms with van der Waals surface area (Å²) in [6, 6.07) is 7.22. The summed E-state index contributed by atoms with van der Waals surface area (Å²) in [5.41, 5.74) is 0.764. The third kappa shape index (κ3) is 3.38. The van der Waals surface area contributed by atoms with E-state index in [1.54, 1.807) is 24.1 Å². The van der Waals surface area contributed by atoms with Gasteiger partial charge in [0.15, 0.2) is 0 Å². The largest absolute Gasteiger partial charge is 0.497 e. The third-order valence-corrected chi connectivity index (χ3v) is 4.86. The number of benzene rings is 1. The van der Waals surface area contributed by atoms with Crippen molar-refractivity contribution in [2.75, 3.05) is 23.9 Å². The maximum atomic E-state index is 12.4. The van der Waals surface area contributed by atoms with Crippen LogP contribution in [0.3, 0.4) is 0 Å². The number of amides is 2. The fourth-order valence-corrected chi connectivity index (χ4v) is 3.23. The fraction of sp³-hybridized carbons (Fsp3) is 0.375. The van der Waals surface area contributed by atoms with Crippen molar-refractivity contribution in [1.82, 2.24) is 10.2 Å². The van der Waals surface area contributed by atoms with Crippen LogP contribution in [-0.2, 0) is 16.0 Å². The molecule has 1 fully saturated rings. The van der Waals surface area contributed by atoms with Gasteiger partial charge in [0.2, 0.25) is 16.9 Å². The van der Waals surface area contributed by atoms with Crippen LogP contribution in [0.2, 0.25) is 0 Å². The molecular formula is C16H18N4O3S. The van der Waals surface area contributed by atoms with Crippen LogP contribution >= 0.6 is 11.3 Å². The number of nitrogens with one attached hydrogen (secondary N) is 1. The monoisotopic (exact) mass is 346 g/mol. The van der Waals surface area contributed by atoms with Gasteiger partial charge in [0.05, 0.1) is 13.0 Å². The van der Waals surface area contributed by atoms with Crippen molar-refractivity contribution in [3.05, 3.63) is 29.3 Å². The first-order chi connectivity index (χ1) is 11.6. The summed E-state index contributed by atoms with van der Waals surface area (Å²) in [7, 11) is 1.59. The number of hydrogen-bond donors (Lipinski definition) is 1. The topological polar surface area (TPSA) is 84.4 Å². The van der Waals surface area contributed by atoms with Gasteiger partial charge in [-0.3, -0.25) is 9.59 Å². The summed E-state index contributed by atoms with van der Waals surface area (Å²) in [6.07, 6.45) is 0.970. The van der Waals surface area contributed by atoms with E-state index in [9.17, 15) is 9.59 Å². The van der Waals surface area contributed by atoms with Crippen LogP contribution in [0.25, 0.3) is 0 Å². The number of methoxy groups -OCH3 is 1. The van der Waals surface area contributed by atoms with Gasteiger partial charge in [-0.1, -0.05) is 18.3 Å². The molecule has 24 heavy (non-hydrogen) atoms. The Kier molecular flexibility index (Phi) is 4.75. The third-order valence-electron chi connectivity index (χ3n) is 3.88. The second kappa shape index (κ2) is 6.96. The standard InChI is InChI=1S/C16H18N4O3S/c1-3-13-18-19-16(24-13)17-15(22)10-8-14(21)20(9-10)11-4-6-12(23-2)7-5-11/h4-7,10H,3,8-9H2,1-2H3,(H,17,19,22). The zero-order chi connectivity index (χ0) is 17.1. The molecule has 0 aliphatic carbocycles. The van der Waals surface area contributed by atoms with Crippen molar-refractivity contribution in [3.8, 4) is 5.75 Å². The molecule has 3 rings (SSSR count). The summed E-state index contributed by atoms with van der Waals surface area (Å²) in [5, 5.41) is 12.0. The number of anilines is 2. The molecule has 1 aliphatic heterocycles. The molecule has 2 heterocycles. The number of aromatic nitrogens is 2. The first-order valence-electron chi connectivity index (χ1n) is 7.68. The Hall–Kier alpha value is -2.48. The summed E-state index contributed by atoms with van der Waals surface area (Å²) < 4.78 is 5.12. The second-order valence-corrected chi connectivity index (χ2v) is 6.51. The summed E-state index contributed by atoms with van der Waals surface area (Å²) >= 11 is 1.36. The van der Waals surface area contributed by atoms with Crippen LogP contribution in [0.5, 0.6) is 5.75 Å². The van der Waals surface area contributed by atoms with Crippen LogP contribution in [-0.4, -0.2) is 35.7 Å². The average molecular weight is 346 g/mol. The van der Waals surface area contributed by atoms with Crippen molar-refractivity contribution in [3.63, 3.8) is 0 Å². The minimum atomic E-state index is -0.395. The molecule has 0 spiro atoms. The highest BCUT2D eigenvalue weighted by atomic mass is 32.1. The highest BCUT2D eigenvalue weighted by molar-refractivity contribution is 7.15. The molecule has 1 saturated heterocycles. The molecule has 0 saturated carbocycles. The number of ether oxygens (including phenoxy) is 1. The minimum Gasteiger partial charge on any atom is -0.497 e. The van der Waals surface area contributed by atoms with Crippen LogP contribution in [0.4, 0.5) is 10.8 Å². The molecule has 7 nitrogen and oxygen atoms in total. The van der Waals surface area contributed by atoms with Crippen molar-refractivity contribution in [1.29, 1.82) is 0 Å². The second-order valence-electron chi connectivity index (χ2n) is 5.45. The van der Waals surface area contributed by atoms with Gasteiger partial charge in [0.25, 0.3) is 0 Å². The van der Waals surface area contributed by atoms with Crippen molar-refractivity contribution < 1.29 is 14.3 Å². The van der Waals surface area contributed by atoms with Crippen LogP contribution < -0.4 is 15.0 Å². The van der Waals surface area contributed by atoms with Crippen molar-refractivity contribution in [2.45, 2.75) is 19.8 Å². The SMILES string of the molecule is CCc1nnc(NC(=O)C2CC(=O)N(c3ccc(OC)cc3)C2)s1. The van der Waals surface area contributed by atoms with E-state index in [2.05, 4.69) is 15.5 Å². The average Bonchev–Trinajstić information content (AvgIpc) is 3.21. The Balaban J connectivity index is 1.65. The molecule has 2 aromatic rings. The molecule has 126 valence electrons. The quantitative estimate of drug-likeness (QED) is 0.896. The lowest BCUT2D eigenvalue weighted by Crippen LogP contribution is -2.28. The number of hydrogen-bond acceptors (Lipinski definition) is 6. The van der Waals surface area contributed by atoms with Crippen molar-refractivity contribution in [2.24, 2.45) is 5.92 Å². The lowest BCUT2D eigenvalue weighted by atomic mass is 10.1. The first kappa shape index (κ1) is 16.4. The molecule has 1 aromatic carbocycles. The van der Waals surface area contributed by atoms with Crippen LogP contribution in [0.15, 0.2) is 24.3 Å². The van der Waals surface area contributed by atoms with Gasteiger partial charge in [-0.05, 0) is 30.7 Å². The number of nitrogens with zero attached hydrogens (tertiary/aromatic N) is 3. The van der Waals surface area contributed by atoms with Gasteiger partial charge >= 0.3 is 0 Å². The normalized spacial score (nSPS) is 17.2. The van der Waals surface area contributed by atoms with Crippen molar-refractivity contribution >= 4 is 34.0 Å². The van der Waals surface area contributed by atoms with E-state index in [0.29, 0.717) is 11.7 Å². The molecule has 1 aromatic heterocycles. The summed E-state index contributed by atoms with van der Waals surface area (Å²) in [5.74, 6) is 0.0706. The van der Waals surface area contributed by atoms with Crippen LogP contribution in [0, 0.1) is 5.92 Å². The molecule has 1 atom stereocenters. The molecule has 1 unspecified atom stereocenters. The predicted octanol–water partition coefficient (Wildman–Crippen LogP) is 2.10. The molecule has 8 heteroatoms. The van der Waals surface area contributed by atoms with E-state index < -0.39 is 5.92 Å². The highest BCUT2D eigenvalue weighted by Gasteiger charge is 2.35. The van der Waals surface area contributed by atoms with Gasteiger partial charge in [-0.2, -0.15) is 0 Å². The summed E-state index contributed by atoms with van der Waals surface area (Å²) in [4.78, 5) is 26.2. The lowest BCUT2D eigenvalue weighted by Gasteiger charge is -2.16. The van der Waals surface area contributed by atoms with Gasteiger partial charge in [-0.15, -0.1) is 10.2 Å². The van der Waals surface area contributed by atoms with E-state index in [4.69, 9.17) is 4.74 Å². The summed E-state index contributed by atoms with van der Waals surface area (Å²) in [6.45, 7) is 2.34. The zero-order valence-corrected chi connectivity index (χ0v) is 14.3. The number of rotatable bonds is 5. The maximum absolute atomic E-state index is 12.4. The number of carbonyl (C=O) groups is 2. The Bertz CT molecular complexity index is 744. The Morgan fingerprint density at radius 1 is 1.38 bits per heavy atom. The Labute approximate surface area is 143 Å². The molecule has 1 aliphatic rings. The molecule has 2 amide bonds. The van der Waals surface area contributed by atoms with E-state index >= 15 is 0 Å². The molecule has 1 N–H and O–H groups in total. The Morgan fingerprint density at radius 3 is 2.75 bits per heavy atom. The van der Waals surface area contributed by atoms with Gasteiger partial charge in [-0.25, -0.2) is 0 Å². The fourth-order valence-electron chi connectivity index (χ4n) is 2.55. The van der Waals surface area contributed by atoms with Crippen LogP contribution in [0.1, 0.15) is 18.4 Å². The molecular weight excluding hydrogens is 328 g/mol.